The van der Waals surface area contributed by atoms with E-state index < -0.39 is 0 Å². The molecule has 4 rings (SSSR count). The van der Waals surface area contributed by atoms with Crippen molar-refractivity contribution in [2.75, 3.05) is 0 Å². The molecule has 0 atom stereocenters. The SMILES string of the molecule is [Ir].[c-]1ccccc1-c1ccccn1.[c-]1ccccc1-c1ncco1. The molecule has 1 radical (unpaired) electrons. The molecule has 3 nitrogen and oxygen atoms in total. The smallest absolute Gasteiger partial charge is 0.140 e. The van der Waals surface area contributed by atoms with Crippen LogP contribution in [0.2, 0.25) is 0 Å². The van der Waals surface area contributed by atoms with Crippen LogP contribution in [0.5, 0.6) is 0 Å². The van der Waals surface area contributed by atoms with Crippen molar-refractivity contribution in [3.63, 3.8) is 0 Å². The third kappa shape index (κ3) is 4.98. The molecule has 121 valence electrons. The second kappa shape index (κ2) is 9.56. The molecular formula is C20H14IrN2O-2. The molecule has 24 heavy (non-hydrogen) atoms. The van der Waals surface area contributed by atoms with Gasteiger partial charge in [-0.2, -0.15) is 0 Å². The summed E-state index contributed by atoms with van der Waals surface area (Å²) in [6.07, 6.45) is 4.96. The number of oxazole rings is 1. The quantitative estimate of drug-likeness (QED) is 0.383. The van der Waals surface area contributed by atoms with Crippen LogP contribution in [-0.4, -0.2) is 9.97 Å². The number of aromatic nitrogens is 2. The summed E-state index contributed by atoms with van der Waals surface area (Å²) in [4.78, 5) is 8.21. The summed E-state index contributed by atoms with van der Waals surface area (Å²) in [7, 11) is 0. The Bertz CT molecular complexity index is 767. The van der Waals surface area contributed by atoms with Crippen molar-refractivity contribution in [2.24, 2.45) is 0 Å². The van der Waals surface area contributed by atoms with E-state index >= 15 is 0 Å². The minimum atomic E-state index is 0. The summed E-state index contributed by atoms with van der Waals surface area (Å²) in [6, 6.07) is 27.4. The fraction of sp³-hybridized carbons (Fsp3) is 0. The molecular weight excluding hydrogens is 476 g/mol. The summed E-state index contributed by atoms with van der Waals surface area (Å²) in [6.45, 7) is 0. The van der Waals surface area contributed by atoms with Crippen LogP contribution in [0.3, 0.4) is 0 Å². The van der Waals surface area contributed by atoms with Gasteiger partial charge in [-0.25, -0.2) is 0 Å². The molecule has 0 N–H and O–H groups in total. The van der Waals surface area contributed by atoms with Crippen molar-refractivity contribution < 1.29 is 24.5 Å². The predicted octanol–water partition coefficient (Wildman–Crippen LogP) is 4.69. The molecule has 4 aromatic rings. The van der Waals surface area contributed by atoms with Crippen LogP contribution in [0.15, 0.2) is 89.8 Å². The van der Waals surface area contributed by atoms with Crippen LogP contribution in [0.25, 0.3) is 22.7 Å². The Balaban J connectivity index is 0.000000167. The molecule has 0 bridgehead atoms. The van der Waals surface area contributed by atoms with Crippen molar-refractivity contribution in [2.45, 2.75) is 0 Å². The normalized spacial score (nSPS) is 9.33. The van der Waals surface area contributed by atoms with Gasteiger partial charge in [-0.05, 0) is 11.8 Å². The Hall–Kier alpha value is -2.55. The number of pyridine rings is 1. The van der Waals surface area contributed by atoms with E-state index in [1.165, 1.54) is 0 Å². The van der Waals surface area contributed by atoms with Gasteiger partial charge in [0.25, 0.3) is 0 Å². The number of benzene rings is 2. The molecule has 0 fully saturated rings. The van der Waals surface area contributed by atoms with Gasteiger partial charge in [-0.15, -0.1) is 66.2 Å². The van der Waals surface area contributed by atoms with Gasteiger partial charge in [0.1, 0.15) is 5.89 Å². The van der Waals surface area contributed by atoms with Crippen LogP contribution in [-0.2, 0) is 20.1 Å². The largest absolute Gasteiger partial charge is 0.489 e. The number of nitrogens with zero attached hydrogens (tertiary/aromatic N) is 2. The molecule has 0 saturated carbocycles. The fourth-order valence-electron chi connectivity index (χ4n) is 1.96. The van der Waals surface area contributed by atoms with E-state index in [-0.39, 0.29) is 20.1 Å². The zero-order valence-electron chi connectivity index (χ0n) is 12.7. The summed E-state index contributed by atoms with van der Waals surface area (Å²) < 4.78 is 5.08. The number of rotatable bonds is 2. The van der Waals surface area contributed by atoms with Crippen LogP contribution < -0.4 is 0 Å². The Labute approximate surface area is 154 Å². The average molecular weight is 491 g/mol. The minimum Gasteiger partial charge on any atom is -0.489 e. The van der Waals surface area contributed by atoms with Crippen molar-refractivity contribution in [3.8, 4) is 22.7 Å². The second-order valence-corrected chi connectivity index (χ2v) is 4.60. The van der Waals surface area contributed by atoms with Gasteiger partial charge in [-0.1, -0.05) is 17.7 Å². The molecule has 0 unspecified atom stereocenters. The third-order valence-electron chi connectivity index (χ3n) is 3.02. The van der Waals surface area contributed by atoms with Crippen molar-refractivity contribution in [1.82, 2.24) is 9.97 Å². The molecule has 0 spiro atoms. The van der Waals surface area contributed by atoms with E-state index in [1.54, 1.807) is 18.7 Å². The summed E-state index contributed by atoms with van der Waals surface area (Å²) in [5, 5.41) is 0. The van der Waals surface area contributed by atoms with E-state index in [0.717, 1.165) is 16.8 Å². The monoisotopic (exact) mass is 491 g/mol. The van der Waals surface area contributed by atoms with E-state index in [2.05, 4.69) is 22.1 Å². The first-order valence-electron chi connectivity index (χ1n) is 7.18. The molecule has 2 aromatic heterocycles. The number of hydrogen-bond acceptors (Lipinski definition) is 3. The van der Waals surface area contributed by atoms with Gasteiger partial charge >= 0.3 is 0 Å². The summed E-state index contributed by atoms with van der Waals surface area (Å²) >= 11 is 0. The van der Waals surface area contributed by atoms with Crippen molar-refractivity contribution in [3.05, 3.63) is 97.5 Å². The Morgan fingerprint density at radius 2 is 1.42 bits per heavy atom. The average Bonchev–Trinajstić information content (AvgIpc) is 3.19. The Morgan fingerprint density at radius 3 is 1.96 bits per heavy atom. The molecule has 0 aliphatic heterocycles. The van der Waals surface area contributed by atoms with Crippen LogP contribution in [0.1, 0.15) is 0 Å². The first kappa shape index (κ1) is 17.8. The maximum absolute atomic E-state index is 5.08. The standard InChI is InChI=1S/C11H8N.C9H6NO.Ir/c1-2-6-10(7-3-1)11-8-4-5-9-12-11;1-2-4-8(5-3-1)9-10-6-7-11-9;/h1-6,8-9H;1-4,6-7H;/q2*-1;. The van der Waals surface area contributed by atoms with Gasteiger partial charge in [0.15, 0.2) is 0 Å². The minimum absolute atomic E-state index is 0. The first-order valence-corrected chi connectivity index (χ1v) is 7.18. The second-order valence-electron chi connectivity index (χ2n) is 4.60. The van der Waals surface area contributed by atoms with Gasteiger partial charge in [-0.3, -0.25) is 4.98 Å². The van der Waals surface area contributed by atoms with E-state index in [1.807, 2.05) is 66.7 Å². The zero-order valence-corrected chi connectivity index (χ0v) is 15.1. The predicted molar refractivity (Wildman–Crippen MR) is 89.3 cm³/mol. The maximum atomic E-state index is 5.08. The van der Waals surface area contributed by atoms with Crippen LogP contribution in [0.4, 0.5) is 0 Å². The Kier molecular flexibility index (Phi) is 7.09. The van der Waals surface area contributed by atoms with Crippen LogP contribution >= 0.6 is 0 Å². The number of hydrogen-bond donors (Lipinski definition) is 0. The molecule has 0 aliphatic carbocycles. The van der Waals surface area contributed by atoms with Gasteiger partial charge in [0.2, 0.25) is 0 Å². The summed E-state index contributed by atoms with van der Waals surface area (Å²) in [5.41, 5.74) is 2.90. The molecule has 2 heterocycles. The molecule has 0 saturated heterocycles. The van der Waals surface area contributed by atoms with Crippen LogP contribution in [0, 0.1) is 12.1 Å². The van der Waals surface area contributed by atoms with Gasteiger partial charge in [0, 0.05) is 26.3 Å². The first-order chi connectivity index (χ1) is 11.4. The molecule has 4 heteroatoms. The maximum Gasteiger partial charge on any atom is 0.140 e. The summed E-state index contributed by atoms with van der Waals surface area (Å²) in [5.74, 6) is 0.616. The van der Waals surface area contributed by atoms with E-state index in [0.29, 0.717) is 5.89 Å². The zero-order chi connectivity index (χ0) is 15.7. The van der Waals surface area contributed by atoms with E-state index in [9.17, 15) is 0 Å². The molecule has 0 aliphatic rings. The van der Waals surface area contributed by atoms with Crippen molar-refractivity contribution >= 4 is 0 Å². The van der Waals surface area contributed by atoms with Crippen molar-refractivity contribution in [1.29, 1.82) is 0 Å². The molecule has 2 aromatic carbocycles. The third-order valence-corrected chi connectivity index (χ3v) is 3.02. The van der Waals surface area contributed by atoms with Gasteiger partial charge < -0.3 is 9.40 Å². The van der Waals surface area contributed by atoms with Gasteiger partial charge in [0.05, 0.1) is 12.5 Å². The topological polar surface area (TPSA) is 38.9 Å². The Morgan fingerprint density at radius 1 is 0.708 bits per heavy atom. The molecule has 0 amide bonds. The fourth-order valence-corrected chi connectivity index (χ4v) is 1.96. The van der Waals surface area contributed by atoms with E-state index in [4.69, 9.17) is 4.42 Å².